The van der Waals surface area contributed by atoms with E-state index in [4.69, 9.17) is 0 Å². The third-order valence-corrected chi connectivity index (χ3v) is 4.43. The minimum Gasteiger partial charge on any atom is -0.276 e. The highest BCUT2D eigenvalue weighted by atomic mass is 16.2. The van der Waals surface area contributed by atoms with Gasteiger partial charge >= 0.3 is 6.03 Å². The number of carbonyl (C=O) groups excluding carboxylic acids is 3. The van der Waals surface area contributed by atoms with Gasteiger partial charge in [0.05, 0.1) is 11.9 Å². The van der Waals surface area contributed by atoms with Gasteiger partial charge in [0.2, 0.25) is 5.91 Å². The molecule has 2 fully saturated rings. The van der Waals surface area contributed by atoms with Crippen LogP contribution in [0.2, 0.25) is 0 Å². The van der Waals surface area contributed by atoms with Gasteiger partial charge in [-0.25, -0.2) is 9.69 Å². The smallest absolute Gasteiger partial charge is 0.276 e. The lowest BCUT2D eigenvalue weighted by Crippen LogP contribution is -2.64. The number of anilines is 1. The Bertz CT molecular complexity index is 620. The Balaban J connectivity index is 2.05. The fraction of sp³-hybridized carbons (Fsp3) is 0.467. The molecule has 3 rings (SSSR count). The number of amides is 4. The summed E-state index contributed by atoms with van der Waals surface area (Å²) in [5.41, 5.74) is 0.125. The van der Waals surface area contributed by atoms with Crippen LogP contribution in [0.15, 0.2) is 18.5 Å². The van der Waals surface area contributed by atoms with Crippen molar-refractivity contribution in [3.8, 4) is 0 Å². The summed E-state index contributed by atoms with van der Waals surface area (Å²) < 4.78 is 0. The summed E-state index contributed by atoms with van der Waals surface area (Å²) >= 11 is 0. The minimum absolute atomic E-state index is 0.410. The third kappa shape index (κ3) is 2.02. The van der Waals surface area contributed by atoms with E-state index in [1.165, 1.54) is 6.20 Å². The number of hydrogen-bond acceptors (Lipinski definition) is 4. The van der Waals surface area contributed by atoms with Crippen molar-refractivity contribution in [2.45, 2.75) is 39.0 Å². The van der Waals surface area contributed by atoms with Crippen molar-refractivity contribution in [2.75, 3.05) is 4.90 Å². The Morgan fingerprint density at radius 1 is 1.19 bits per heavy atom. The second-order valence-electron chi connectivity index (χ2n) is 5.70. The van der Waals surface area contributed by atoms with Gasteiger partial charge in [-0.1, -0.05) is 19.3 Å². The van der Waals surface area contributed by atoms with E-state index in [9.17, 15) is 14.4 Å². The molecule has 110 valence electrons. The molecule has 0 unspecified atom stereocenters. The quantitative estimate of drug-likeness (QED) is 0.800. The van der Waals surface area contributed by atoms with E-state index < -0.39 is 23.3 Å². The van der Waals surface area contributed by atoms with Crippen LogP contribution >= 0.6 is 0 Å². The summed E-state index contributed by atoms with van der Waals surface area (Å²) in [5.74, 6) is -0.859. The molecule has 1 saturated carbocycles. The predicted octanol–water partition coefficient (Wildman–Crippen LogP) is 1.92. The minimum atomic E-state index is -1.09. The average Bonchev–Trinajstić information content (AvgIpc) is 2.48. The van der Waals surface area contributed by atoms with Crippen LogP contribution in [0.25, 0.3) is 0 Å². The van der Waals surface area contributed by atoms with Crippen LogP contribution in [-0.4, -0.2) is 22.8 Å². The maximum Gasteiger partial charge on any atom is 0.335 e. The maximum atomic E-state index is 12.9. The van der Waals surface area contributed by atoms with Crippen LogP contribution in [0, 0.1) is 12.3 Å². The van der Waals surface area contributed by atoms with Gasteiger partial charge in [-0.3, -0.25) is 19.9 Å². The van der Waals surface area contributed by atoms with Crippen molar-refractivity contribution in [1.82, 2.24) is 10.3 Å². The topological polar surface area (TPSA) is 79.4 Å². The monoisotopic (exact) mass is 287 g/mol. The summed E-state index contributed by atoms with van der Waals surface area (Å²) in [6.45, 7) is 1.81. The van der Waals surface area contributed by atoms with Crippen molar-refractivity contribution in [2.24, 2.45) is 5.41 Å². The molecular weight excluding hydrogens is 270 g/mol. The molecule has 0 bridgehead atoms. The van der Waals surface area contributed by atoms with Crippen molar-refractivity contribution in [1.29, 1.82) is 0 Å². The van der Waals surface area contributed by atoms with E-state index in [1.807, 2.05) is 6.92 Å². The van der Waals surface area contributed by atoms with Crippen molar-refractivity contribution >= 4 is 23.5 Å². The number of barbiturate groups is 1. The van der Waals surface area contributed by atoms with Gasteiger partial charge in [0.25, 0.3) is 5.91 Å². The third-order valence-electron chi connectivity index (χ3n) is 4.43. The number of rotatable bonds is 1. The van der Waals surface area contributed by atoms with E-state index in [0.29, 0.717) is 18.5 Å². The Hall–Kier alpha value is -2.24. The fourth-order valence-corrected chi connectivity index (χ4v) is 3.18. The first-order chi connectivity index (χ1) is 10.1. The molecule has 0 atom stereocenters. The number of pyridine rings is 1. The molecule has 1 aliphatic carbocycles. The normalized spacial score (nSPS) is 21.6. The zero-order valence-corrected chi connectivity index (χ0v) is 11.9. The van der Waals surface area contributed by atoms with Gasteiger partial charge in [-0.05, 0) is 31.4 Å². The van der Waals surface area contributed by atoms with Crippen LogP contribution in [0.3, 0.4) is 0 Å². The Labute approximate surface area is 122 Å². The second-order valence-corrected chi connectivity index (χ2v) is 5.70. The number of nitrogens with zero attached hydrogens (tertiary/aromatic N) is 2. The van der Waals surface area contributed by atoms with E-state index in [2.05, 4.69) is 10.3 Å². The van der Waals surface area contributed by atoms with Crippen LogP contribution in [0.4, 0.5) is 10.5 Å². The molecule has 21 heavy (non-hydrogen) atoms. The first-order valence-electron chi connectivity index (χ1n) is 7.17. The van der Waals surface area contributed by atoms with Crippen molar-refractivity contribution in [3.63, 3.8) is 0 Å². The standard InChI is InChI=1S/C15H17N3O3/c1-10-5-8-16-9-11(10)18-13(20)15(6-3-2-4-7-15)12(19)17-14(18)21/h5,8-9H,2-4,6-7H2,1H3,(H,17,19,21). The summed E-state index contributed by atoms with van der Waals surface area (Å²) in [5, 5.41) is 2.35. The Morgan fingerprint density at radius 3 is 2.57 bits per heavy atom. The van der Waals surface area contributed by atoms with Gasteiger partial charge in [-0.15, -0.1) is 0 Å². The zero-order chi connectivity index (χ0) is 15.0. The highest BCUT2D eigenvalue weighted by Gasteiger charge is 2.54. The molecule has 0 aromatic carbocycles. The summed E-state index contributed by atoms with van der Waals surface area (Å²) in [7, 11) is 0. The van der Waals surface area contributed by atoms with Crippen molar-refractivity contribution < 1.29 is 14.4 Å². The lowest BCUT2D eigenvalue weighted by Gasteiger charge is -2.41. The average molecular weight is 287 g/mol. The van der Waals surface area contributed by atoms with Gasteiger partial charge < -0.3 is 0 Å². The number of hydrogen-bond donors (Lipinski definition) is 1. The molecule has 4 amide bonds. The molecule has 2 heterocycles. The number of carbonyl (C=O) groups is 3. The number of imide groups is 2. The van der Waals surface area contributed by atoms with Crippen LogP contribution in [-0.2, 0) is 9.59 Å². The second kappa shape index (κ2) is 4.95. The van der Waals surface area contributed by atoms with Crippen LogP contribution in [0.1, 0.15) is 37.7 Å². The molecular formula is C15H17N3O3. The largest absolute Gasteiger partial charge is 0.335 e. The Kier molecular flexibility index (Phi) is 3.23. The van der Waals surface area contributed by atoms with E-state index >= 15 is 0 Å². The molecule has 6 nitrogen and oxygen atoms in total. The van der Waals surface area contributed by atoms with E-state index in [-0.39, 0.29) is 0 Å². The number of aromatic nitrogens is 1. The summed E-state index contributed by atoms with van der Waals surface area (Å²) in [6, 6.07) is 1.05. The highest BCUT2D eigenvalue weighted by molar-refractivity contribution is 6.30. The molecule has 1 saturated heterocycles. The molecule has 1 spiro atoms. The van der Waals surface area contributed by atoms with Crippen LogP contribution in [0.5, 0.6) is 0 Å². The van der Waals surface area contributed by atoms with Gasteiger partial charge in [0.1, 0.15) is 5.41 Å². The van der Waals surface area contributed by atoms with Gasteiger partial charge in [0.15, 0.2) is 0 Å². The maximum absolute atomic E-state index is 12.9. The Morgan fingerprint density at radius 2 is 1.90 bits per heavy atom. The van der Waals surface area contributed by atoms with Crippen LogP contribution < -0.4 is 10.2 Å². The van der Waals surface area contributed by atoms with Crippen molar-refractivity contribution in [3.05, 3.63) is 24.0 Å². The highest BCUT2D eigenvalue weighted by Crippen LogP contribution is 2.41. The molecule has 1 aromatic rings. The fourth-order valence-electron chi connectivity index (χ4n) is 3.18. The first kappa shape index (κ1) is 13.7. The van der Waals surface area contributed by atoms with Gasteiger partial charge in [0, 0.05) is 6.20 Å². The number of urea groups is 1. The molecule has 1 aliphatic heterocycles. The first-order valence-corrected chi connectivity index (χ1v) is 7.17. The van der Waals surface area contributed by atoms with Gasteiger partial charge in [-0.2, -0.15) is 0 Å². The predicted molar refractivity (Wildman–Crippen MR) is 75.5 cm³/mol. The lowest BCUT2D eigenvalue weighted by atomic mass is 9.71. The van der Waals surface area contributed by atoms with E-state index in [0.717, 1.165) is 29.7 Å². The number of nitrogens with one attached hydrogen (secondary N) is 1. The summed E-state index contributed by atoms with van der Waals surface area (Å²) in [4.78, 5) is 42.4. The SMILES string of the molecule is Cc1ccncc1N1C(=O)NC(=O)C2(CCCCC2)C1=O. The number of aryl methyl sites for hydroxylation is 1. The summed E-state index contributed by atoms with van der Waals surface area (Å²) in [6.07, 6.45) is 6.76. The van der Waals surface area contributed by atoms with E-state index in [1.54, 1.807) is 12.3 Å². The molecule has 1 N–H and O–H groups in total. The molecule has 1 aromatic heterocycles. The molecule has 2 aliphatic rings. The zero-order valence-electron chi connectivity index (χ0n) is 11.9. The lowest BCUT2D eigenvalue weighted by molar-refractivity contribution is -0.144. The molecule has 6 heteroatoms. The molecule has 0 radical (unpaired) electrons.